The molecule has 0 bridgehead atoms. The lowest BCUT2D eigenvalue weighted by Gasteiger charge is -2.32. The number of carbonyl (C=O) groups excluding carboxylic acids is 1. The lowest BCUT2D eigenvalue weighted by Crippen LogP contribution is -2.48. The number of likely N-dealkylation sites (tertiary alicyclic amines) is 1. The van der Waals surface area contributed by atoms with Crippen molar-refractivity contribution in [2.24, 2.45) is 0 Å². The maximum Gasteiger partial charge on any atom is 0.219 e. The molecule has 1 aliphatic rings. The van der Waals surface area contributed by atoms with Crippen LogP contribution in [0.4, 0.5) is 8.78 Å². The second kappa shape index (κ2) is 6.92. The zero-order chi connectivity index (χ0) is 17.2. The number of rotatable bonds is 4. The number of halogens is 2. The van der Waals surface area contributed by atoms with Gasteiger partial charge in [-0.05, 0) is 37.5 Å². The van der Waals surface area contributed by atoms with Gasteiger partial charge in [-0.3, -0.25) is 4.79 Å². The number of hydrogen-bond donors (Lipinski definition) is 1. The number of carbonyl (C=O) groups is 1. The zero-order valence-electron chi connectivity index (χ0n) is 13.1. The van der Waals surface area contributed by atoms with Crippen molar-refractivity contribution < 1.29 is 22.0 Å². The lowest BCUT2D eigenvalue weighted by atomic mass is 10.1. The molecule has 0 aliphatic carbocycles. The van der Waals surface area contributed by atoms with E-state index in [1.165, 1.54) is 17.9 Å². The van der Waals surface area contributed by atoms with Crippen LogP contribution in [0.1, 0.15) is 38.3 Å². The molecule has 0 unspecified atom stereocenters. The van der Waals surface area contributed by atoms with Crippen molar-refractivity contribution in [2.75, 3.05) is 13.1 Å². The summed E-state index contributed by atoms with van der Waals surface area (Å²) in [5, 5.41) is -0.701. The van der Waals surface area contributed by atoms with E-state index < -0.39 is 32.9 Å². The number of nitrogens with zero attached hydrogens (tertiary/aromatic N) is 1. The quantitative estimate of drug-likeness (QED) is 0.906. The first-order valence-electron chi connectivity index (χ1n) is 7.42. The van der Waals surface area contributed by atoms with Crippen molar-refractivity contribution in [1.82, 2.24) is 9.62 Å². The van der Waals surface area contributed by atoms with Gasteiger partial charge in [0.15, 0.2) is 11.6 Å². The van der Waals surface area contributed by atoms with Crippen molar-refractivity contribution in [3.05, 3.63) is 35.4 Å². The molecule has 1 heterocycles. The van der Waals surface area contributed by atoms with Crippen LogP contribution in [0.3, 0.4) is 0 Å². The molecule has 5 nitrogen and oxygen atoms in total. The summed E-state index contributed by atoms with van der Waals surface area (Å²) in [5.41, 5.74) is 0.340. The fraction of sp³-hybridized carbons (Fsp3) is 0.533. The first-order chi connectivity index (χ1) is 10.7. The molecule has 23 heavy (non-hydrogen) atoms. The molecule has 0 radical (unpaired) electrons. The summed E-state index contributed by atoms with van der Waals surface area (Å²) in [4.78, 5) is 12.9. The predicted octanol–water partition coefficient (Wildman–Crippen LogP) is 1.96. The van der Waals surface area contributed by atoms with Gasteiger partial charge < -0.3 is 4.90 Å². The van der Waals surface area contributed by atoms with Crippen LogP contribution < -0.4 is 4.72 Å². The van der Waals surface area contributed by atoms with E-state index >= 15 is 0 Å². The van der Waals surface area contributed by atoms with E-state index in [-0.39, 0.29) is 12.5 Å². The maximum absolute atomic E-state index is 13.3. The van der Waals surface area contributed by atoms with Crippen molar-refractivity contribution >= 4 is 15.9 Å². The molecule has 1 aromatic carbocycles. The van der Waals surface area contributed by atoms with Gasteiger partial charge in [0.2, 0.25) is 15.9 Å². The molecule has 8 heteroatoms. The van der Waals surface area contributed by atoms with Gasteiger partial charge in [-0.1, -0.05) is 6.07 Å². The van der Waals surface area contributed by atoms with Crippen LogP contribution in [-0.4, -0.2) is 37.6 Å². The van der Waals surface area contributed by atoms with Gasteiger partial charge in [-0.15, -0.1) is 0 Å². The van der Waals surface area contributed by atoms with E-state index in [1.54, 1.807) is 6.92 Å². The Morgan fingerprint density at radius 3 is 2.65 bits per heavy atom. The Morgan fingerprint density at radius 1 is 1.35 bits per heavy atom. The Balaban J connectivity index is 2.10. The second-order valence-electron chi connectivity index (χ2n) is 5.79. The van der Waals surface area contributed by atoms with E-state index in [9.17, 15) is 22.0 Å². The molecule has 128 valence electrons. The fourth-order valence-corrected chi connectivity index (χ4v) is 4.34. The van der Waals surface area contributed by atoms with E-state index in [4.69, 9.17) is 0 Å². The van der Waals surface area contributed by atoms with Crippen LogP contribution in [0.5, 0.6) is 0 Å². The van der Waals surface area contributed by atoms with Crippen LogP contribution in [0.15, 0.2) is 18.2 Å². The molecule has 1 aromatic rings. The van der Waals surface area contributed by atoms with Crippen LogP contribution in [0, 0.1) is 11.6 Å². The highest BCUT2D eigenvalue weighted by Crippen LogP contribution is 2.21. The summed E-state index contributed by atoms with van der Waals surface area (Å²) in [7, 11) is -3.68. The van der Waals surface area contributed by atoms with Gasteiger partial charge in [-0.2, -0.15) is 0 Å². The number of sulfonamides is 1. The summed E-state index contributed by atoms with van der Waals surface area (Å²) in [6.07, 6.45) is 1.08. The highest BCUT2D eigenvalue weighted by atomic mass is 32.2. The minimum atomic E-state index is -3.68. The predicted molar refractivity (Wildman–Crippen MR) is 82.1 cm³/mol. The van der Waals surface area contributed by atoms with Gasteiger partial charge in [0.25, 0.3) is 0 Å². The molecule has 0 spiro atoms. The normalized spacial score (nSPS) is 20.3. The number of amides is 1. The molecule has 1 amide bonds. The molecule has 0 aromatic heterocycles. The van der Waals surface area contributed by atoms with Crippen molar-refractivity contribution in [3.63, 3.8) is 0 Å². The van der Waals surface area contributed by atoms with Crippen molar-refractivity contribution in [3.8, 4) is 0 Å². The van der Waals surface area contributed by atoms with E-state index in [2.05, 4.69) is 4.72 Å². The third kappa shape index (κ3) is 4.26. The zero-order valence-corrected chi connectivity index (χ0v) is 13.9. The Hall–Kier alpha value is -1.54. The highest BCUT2D eigenvalue weighted by molar-refractivity contribution is 7.90. The number of benzene rings is 1. The Morgan fingerprint density at radius 2 is 2.04 bits per heavy atom. The molecular weight excluding hydrogens is 326 g/mol. The number of piperidine rings is 1. The van der Waals surface area contributed by atoms with Crippen molar-refractivity contribution in [2.45, 2.75) is 38.0 Å². The maximum atomic E-state index is 13.3. The third-order valence-electron chi connectivity index (χ3n) is 4.05. The minimum absolute atomic E-state index is 0.148. The van der Waals surface area contributed by atoms with Crippen molar-refractivity contribution in [1.29, 1.82) is 0 Å². The van der Waals surface area contributed by atoms with Crippen LogP contribution in [0.2, 0.25) is 0 Å². The SMILES string of the molecule is CC(=O)N1CCC[C@H](S(=O)(=O)N[C@@H](C)c2ccc(F)c(F)c2)C1. The second-order valence-corrected chi connectivity index (χ2v) is 7.78. The van der Waals surface area contributed by atoms with Crippen LogP contribution in [-0.2, 0) is 14.8 Å². The smallest absolute Gasteiger partial charge is 0.219 e. The molecule has 2 atom stereocenters. The van der Waals surface area contributed by atoms with Gasteiger partial charge >= 0.3 is 0 Å². The molecular formula is C15H20F2N2O3S. The van der Waals surface area contributed by atoms with Gasteiger partial charge in [0.1, 0.15) is 0 Å². The summed E-state index contributed by atoms with van der Waals surface area (Å²) in [5.74, 6) is -2.15. The van der Waals surface area contributed by atoms with Gasteiger partial charge in [-0.25, -0.2) is 21.9 Å². The molecule has 1 N–H and O–H groups in total. The largest absolute Gasteiger partial charge is 0.342 e. The van der Waals surface area contributed by atoms with Crippen LogP contribution >= 0.6 is 0 Å². The molecule has 2 rings (SSSR count). The van der Waals surface area contributed by atoms with Gasteiger partial charge in [0, 0.05) is 26.1 Å². The Labute approximate surface area is 134 Å². The summed E-state index contributed by atoms with van der Waals surface area (Å²) >= 11 is 0. The van der Waals surface area contributed by atoms with E-state index in [1.807, 2.05) is 0 Å². The third-order valence-corrected chi connectivity index (χ3v) is 5.99. The average molecular weight is 346 g/mol. The molecule has 0 saturated carbocycles. The Bertz CT molecular complexity index is 694. The van der Waals surface area contributed by atoms with Gasteiger partial charge in [0.05, 0.1) is 5.25 Å². The molecule has 1 saturated heterocycles. The van der Waals surface area contributed by atoms with E-state index in [0.717, 1.165) is 12.1 Å². The summed E-state index contributed by atoms with van der Waals surface area (Å²) < 4.78 is 53.7. The summed E-state index contributed by atoms with van der Waals surface area (Å²) in [6, 6.07) is 2.59. The monoisotopic (exact) mass is 346 g/mol. The minimum Gasteiger partial charge on any atom is -0.342 e. The first-order valence-corrected chi connectivity index (χ1v) is 8.97. The molecule has 1 fully saturated rings. The lowest BCUT2D eigenvalue weighted by molar-refractivity contribution is -0.129. The molecule has 1 aliphatic heterocycles. The summed E-state index contributed by atoms with van der Waals surface area (Å²) in [6.45, 7) is 3.68. The topological polar surface area (TPSA) is 66.5 Å². The highest BCUT2D eigenvalue weighted by Gasteiger charge is 2.32. The van der Waals surface area contributed by atoms with Crippen LogP contribution in [0.25, 0.3) is 0 Å². The number of nitrogens with one attached hydrogen (secondary N) is 1. The standard InChI is InChI=1S/C15H20F2N2O3S/c1-10(12-5-6-14(16)15(17)8-12)18-23(21,22)13-4-3-7-19(9-13)11(2)20/h5-6,8,10,13,18H,3-4,7,9H2,1-2H3/t10-,13-/m0/s1. The first kappa shape index (κ1) is 17.8. The number of hydrogen-bond acceptors (Lipinski definition) is 3. The fourth-order valence-electron chi connectivity index (χ4n) is 2.67. The van der Waals surface area contributed by atoms with E-state index in [0.29, 0.717) is 24.9 Å². The Kier molecular flexibility index (Phi) is 5.36. The average Bonchev–Trinajstić information content (AvgIpc) is 2.49.